The van der Waals surface area contributed by atoms with Crippen molar-refractivity contribution in [3.05, 3.63) is 0 Å². The van der Waals surface area contributed by atoms with Gasteiger partial charge in [0.15, 0.2) is 0 Å². The fraction of sp³-hybridized carbons (Fsp3) is 0. The Hall–Kier alpha value is 0.779. The molecule has 0 aromatic heterocycles. The van der Waals surface area contributed by atoms with Crippen molar-refractivity contribution in [2.24, 2.45) is 0 Å². The van der Waals surface area contributed by atoms with Crippen molar-refractivity contribution in [1.29, 1.82) is 0 Å². The normalized spacial score (nSPS) is 9.67. The number of hydrogen-bond donors (Lipinski definition) is 1. The molecule has 0 saturated heterocycles. The second-order valence-corrected chi connectivity index (χ2v) is 2.55. The molecule has 6 heavy (non-hydrogen) atoms. The molecule has 1 N–H and O–H groups in total. The molecule has 0 aliphatic heterocycles. The quantitative estimate of drug-likeness (QED) is 0.226. The minimum Gasteiger partial charge on any atom is -0.619 e. The Morgan fingerprint density at radius 3 is 1.50 bits per heavy atom. The summed E-state index contributed by atoms with van der Waals surface area (Å²) < 4.78 is 25.3. The summed E-state index contributed by atoms with van der Waals surface area (Å²) in [5.74, 6) is 0. The van der Waals surface area contributed by atoms with E-state index in [0.717, 1.165) is 0 Å². The van der Waals surface area contributed by atoms with Crippen LogP contribution in [0.1, 0.15) is 0 Å². The SMILES string of the molecule is O=S(=O)(O)[S-].[Fe]. The van der Waals surface area contributed by atoms with Gasteiger partial charge >= 0.3 is 0 Å². The monoisotopic (exact) mass is 169 g/mol. The van der Waals surface area contributed by atoms with Gasteiger partial charge in [-0.3, -0.25) is 0 Å². The van der Waals surface area contributed by atoms with Crippen LogP contribution < -0.4 is 0 Å². The fourth-order valence-electron chi connectivity index (χ4n) is 0. The Morgan fingerprint density at radius 2 is 1.50 bits per heavy atom. The van der Waals surface area contributed by atoms with Gasteiger partial charge in [-0.2, -0.15) is 0 Å². The molecular weight excluding hydrogens is 168 g/mol. The Bertz CT molecular complexity index is 92.0. The van der Waals surface area contributed by atoms with Gasteiger partial charge in [-0.05, 0) is 0 Å². The third-order valence-corrected chi connectivity index (χ3v) is 0. The third-order valence-electron chi connectivity index (χ3n) is 0. The summed E-state index contributed by atoms with van der Waals surface area (Å²) in [6.45, 7) is 0. The van der Waals surface area contributed by atoms with Crippen LogP contribution in [0.2, 0.25) is 0 Å². The Kier molecular flexibility index (Phi) is 4.75. The second-order valence-electron chi connectivity index (χ2n) is 0.428. The van der Waals surface area contributed by atoms with Gasteiger partial charge < -0.3 is 16.2 Å². The zero-order valence-corrected chi connectivity index (χ0v) is 5.17. The van der Waals surface area contributed by atoms with E-state index in [0.29, 0.717) is 0 Å². The van der Waals surface area contributed by atoms with E-state index in [9.17, 15) is 0 Å². The summed E-state index contributed by atoms with van der Waals surface area (Å²) in [6, 6.07) is 0. The van der Waals surface area contributed by atoms with Crippen molar-refractivity contribution in [1.82, 2.24) is 0 Å². The Balaban J connectivity index is 0. The number of hydrogen-bond acceptors (Lipinski definition) is 3. The molecule has 0 rings (SSSR count). The van der Waals surface area contributed by atoms with Crippen LogP contribution in [0.5, 0.6) is 0 Å². The predicted molar refractivity (Wildman–Crippen MR) is 18.9 cm³/mol. The molecule has 3 nitrogen and oxygen atoms in total. The first-order valence-corrected chi connectivity index (χ1v) is 3.05. The van der Waals surface area contributed by atoms with Gasteiger partial charge in [0, 0.05) is 17.1 Å². The molecular formula is HFeO3S2-. The van der Waals surface area contributed by atoms with E-state index in [2.05, 4.69) is 11.7 Å². The van der Waals surface area contributed by atoms with Crippen LogP contribution in [0.4, 0.5) is 0 Å². The first-order valence-electron chi connectivity index (χ1n) is 0.683. The predicted octanol–water partition coefficient (Wildman–Crippen LogP) is -0.666. The zero-order chi connectivity index (χ0) is 4.50. The maximum atomic E-state index is 9.00. The Morgan fingerprint density at radius 1 is 1.50 bits per heavy atom. The van der Waals surface area contributed by atoms with Crippen molar-refractivity contribution >= 4 is 20.8 Å². The van der Waals surface area contributed by atoms with Crippen molar-refractivity contribution in [2.75, 3.05) is 0 Å². The summed E-state index contributed by atoms with van der Waals surface area (Å²) in [6.07, 6.45) is 0. The molecule has 0 aliphatic rings. The molecule has 0 aromatic rings. The summed E-state index contributed by atoms with van der Waals surface area (Å²) >= 11 is 3.35. The molecule has 0 saturated carbocycles. The Labute approximate surface area is 51.2 Å². The van der Waals surface area contributed by atoms with Crippen LogP contribution in [0.3, 0.4) is 0 Å². The standard InChI is InChI=1S/Fe.H2O3S2/c;1-5(2,3)4/h;(H2,1,2,3,4)/p-1. The molecule has 0 heterocycles. The van der Waals surface area contributed by atoms with Gasteiger partial charge in [-0.1, -0.05) is 0 Å². The molecule has 0 spiro atoms. The summed E-state index contributed by atoms with van der Waals surface area (Å²) in [7, 11) is -4.08. The maximum Gasteiger partial charge on any atom is 0.145 e. The third kappa shape index (κ3) is 112. The van der Waals surface area contributed by atoms with E-state index in [4.69, 9.17) is 13.0 Å². The topological polar surface area (TPSA) is 54.4 Å². The van der Waals surface area contributed by atoms with E-state index in [-0.39, 0.29) is 17.1 Å². The molecule has 0 amide bonds. The van der Waals surface area contributed by atoms with Gasteiger partial charge in [0.1, 0.15) is 9.15 Å². The average molecular weight is 169 g/mol. The van der Waals surface area contributed by atoms with Gasteiger partial charge in [-0.15, -0.1) is 0 Å². The van der Waals surface area contributed by atoms with Gasteiger partial charge in [0.2, 0.25) is 0 Å². The summed E-state index contributed by atoms with van der Waals surface area (Å²) in [5, 5.41) is 0. The number of rotatable bonds is 0. The first-order chi connectivity index (χ1) is 2.00. The molecule has 0 fully saturated rings. The minimum absolute atomic E-state index is 0. The molecule has 0 radical (unpaired) electrons. The fourth-order valence-corrected chi connectivity index (χ4v) is 0. The van der Waals surface area contributed by atoms with Crippen LogP contribution in [-0.4, -0.2) is 13.0 Å². The smallest absolute Gasteiger partial charge is 0.145 e. The van der Waals surface area contributed by atoms with E-state index >= 15 is 0 Å². The van der Waals surface area contributed by atoms with Crippen molar-refractivity contribution < 1.29 is 30.0 Å². The molecule has 0 unspecified atom stereocenters. The average Bonchev–Trinajstić information content (AvgIpc) is 0.722. The van der Waals surface area contributed by atoms with Crippen LogP contribution in [0, 0.1) is 0 Å². The molecule has 0 aromatic carbocycles. The van der Waals surface area contributed by atoms with Crippen molar-refractivity contribution in [3.63, 3.8) is 0 Å². The van der Waals surface area contributed by atoms with E-state index in [1.165, 1.54) is 0 Å². The molecule has 0 atom stereocenters. The molecule has 0 bridgehead atoms. The van der Waals surface area contributed by atoms with Gasteiger partial charge in [-0.25, -0.2) is 8.42 Å². The first kappa shape index (κ1) is 9.91. The van der Waals surface area contributed by atoms with Crippen LogP contribution >= 0.6 is 0 Å². The van der Waals surface area contributed by atoms with Gasteiger partial charge in [0.25, 0.3) is 0 Å². The van der Waals surface area contributed by atoms with E-state index in [1.807, 2.05) is 0 Å². The minimum atomic E-state index is -4.08. The summed E-state index contributed by atoms with van der Waals surface area (Å²) in [4.78, 5) is 0. The van der Waals surface area contributed by atoms with E-state index < -0.39 is 9.15 Å². The van der Waals surface area contributed by atoms with E-state index in [1.54, 1.807) is 0 Å². The van der Waals surface area contributed by atoms with Crippen LogP contribution in [0.25, 0.3) is 0 Å². The molecule has 40 valence electrons. The second kappa shape index (κ2) is 2.87. The zero-order valence-electron chi connectivity index (χ0n) is 2.43. The van der Waals surface area contributed by atoms with Crippen LogP contribution in [0.15, 0.2) is 0 Å². The van der Waals surface area contributed by atoms with Crippen LogP contribution in [-0.2, 0) is 37.9 Å². The summed E-state index contributed by atoms with van der Waals surface area (Å²) in [5.41, 5.74) is 0. The van der Waals surface area contributed by atoms with Gasteiger partial charge in [0.05, 0.1) is 0 Å². The molecule has 6 heteroatoms. The van der Waals surface area contributed by atoms with Crippen molar-refractivity contribution in [2.45, 2.75) is 0 Å². The maximum absolute atomic E-state index is 9.00. The largest absolute Gasteiger partial charge is 0.619 e. The molecule has 0 aliphatic carbocycles. The van der Waals surface area contributed by atoms with Crippen molar-refractivity contribution in [3.8, 4) is 0 Å².